The van der Waals surface area contributed by atoms with E-state index in [4.69, 9.17) is 16.9 Å². The molecule has 2 heterocycles. The van der Waals surface area contributed by atoms with Crippen molar-refractivity contribution in [2.24, 2.45) is 0 Å². The Morgan fingerprint density at radius 3 is 2.67 bits per heavy atom. The van der Waals surface area contributed by atoms with Crippen LogP contribution in [0.15, 0.2) is 46.2 Å². The number of hydrogen-bond acceptors (Lipinski definition) is 5. The summed E-state index contributed by atoms with van der Waals surface area (Å²) in [6.45, 7) is 0. The van der Waals surface area contributed by atoms with Crippen molar-refractivity contribution in [2.45, 2.75) is 4.90 Å². The number of aromatic nitrogens is 2. The number of rotatable bonds is 2. The van der Waals surface area contributed by atoms with E-state index in [1.54, 1.807) is 18.2 Å². The van der Waals surface area contributed by atoms with Crippen molar-refractivity contribution in [3.8, 4) is 17.3 Å². The molecule has 0 unspecified atom stereocenters. The Morgan fingerprint density at radius 2 is 2.00 bits per heavy atom. The van der Waals surface area contributed by atoms with Crippen LogP contribution >= 0.6 is 11.6 Å². The lowest BCUT2D eigenvalue weighted by atomic mass is 10.1. The lowest BCUT2D eigenvalue weighted by molar-refractivity contribution is 0.601. The Labute approximate surface area is 142 Å². The second kappa shape index (κ2) is 5.74. The molecular formula is C16H10ClN3O3S. The fraction of sp³-hybridized carbons (Fsp3) is 0.0625. The van der Waals surface area contributed by atoms with E-state index in [1.807, 2.05) is 6.07 Å². The molecule has 0 saturated carbocycles. The summed E-state index contributed by atoms with van der Waals surface area (Å²) in [6.07, 6.45) is 2.15. The van der Waals surface area contributed by atoms with Gasteiger partial charge in [-0.25, -0.2) is 13.4 Å². The smallest absolute Gasteiger partial charge is 0.190 e. The van der Waals surface area contributed by atoms with E-state index in [2.05, 4.69) is 9.97 Å². The van der Waals surface area contributed by atoms with Crippen LogP contribution in [-0.4, -0.2) is 24.6 Å². The van der Waals surface area contributed by atoms with Gasteiger partial charge in [0, 0.05) is 34.5 Å². The van der Waals surface area contributed by atoms with Crippen LogP contribution in [0.2, 0.25) is 5.02 Å². The zero-order valence-corrected chi connectivity index (χ0v) is 13.9. The lowest BCUT2D eigenvalue weighted by Crippen LogP contribution is -2.07. The minimum absolute atomic E-state index is 0.0458. The normalized spacial score (nSPS) is 11.4. The largest absolute Gasteiger partial charge is 0.354 e. The minimum atomic E-state index is -3.60. The molecule has 0 atom stereocenters. The van der Waals surface area contributed by atoms with Gasteiger partial charge >= 0.3 is 0 Å². The van der Waals surface area contributed by atoms with Gasteiger partial charge in [0.25, 0.3) is 0 Å². The fourth-order valence-electron chi connectivity index (χ4n) is 2.38. The van der Waals surface area contributed by atoms with E-state index in [0.29, 0.717) is 15.9 Å². The monoisotopic (exact) mass is 359 g/mol. The molecule has 120 valence electrons. The Balaban J connectivity index is 2.39. The summed E-state index contributed by atoms with van der Waals surface area (Å²) in [5, 5.41) is 9.88. The second-order valence-electron chi connectivity index (χ2n) is 5.19. The summed E-state index contributed by atoms with van der Waals surface area (Å²) in [4.78, 5) is 19.0. The van der Waals surface area contributed by atoms with Crippen molar-refractivity contribution in [3.63, 3.8) is 0 Å². The molecule has 0 amide bonds. The molecule has 8 heteroatoms. The van der Waals surface area contributed by atoms with Gasteiger partial charge in [-0.2, -0.15) is 5.26 Å². The summed E-state index contributed by atoms with van der Waals surface area (Å²) >= 11 is 5.95. The number of fused-ring (bicyclic) bond motifs is 1. The standard InChI is InChI=1S/C16H10ClN3O3S/c1-24(22,23)16-8-19-10(7-18)5-12(16)14-6-15(21)11-3-2-9(17)4-13(11)20-14/h2-6,8H,1H3,(H,20,21). The number of benzene rings is 1. The van der Waals surface area contributed by atoms with Crippen LogP contribution in [0.25, 0.3) is 22.2 Å². The quantitative estimate of drug-likeness (QED) is 0.757. The van der Waals surface area contributed by atoms with Crippen LogP contribution in [0.1, 0.15) is 5.69 Å². The molecule has 0 fully saturated rings. The minimum Gasteiger partial charge on any atom is -0.354 e. The number of aromatic amines is 1. The highest BCUT2D eigenvalue weighted by atomic mass is 35.5. The first-order chi connectivity index (χ1) is 11.3. The molecule has 3 aromatic rings. The number of nitrogens with zero attached hydrogens (tertiary/aromatic N) is 2. The summed E-state index contributed by atoms with van der Waals surface area (Å²) in [5.41, 5.74) is 0.714. The highest BCUT2D eigenvalue weighted by Crippen LogP contribution is 2.27. The molecule has 0 spiro atoms. The van der Waals surface area contributed by atoms with Crippen LogP contribution in [0.5, 0.6) is 0 Å². The number of halogens is 1. The molecule has 2 aromatic heterocycles. The summed E-state index contributed by atoms with van der Waals surface area (Å²) in [5.74, 6) is 0. The number of nitriles is 1. The average molecular weight is 360 g/mol. The number of pyridine rings is 2. The van der Waals surface area contributed by atoms with Crippen molar-refractivity contribution in [1.82, 2.24) is 9.97 Å². The summed E-state index contributed by atoms with van der Waals surface area (Å²) < 4.78 is 24.0. The first-order valence-electron chi connectivity index (χ1n) is 6.73. The maximum atomic E-state index is 12.3. The third kappa shape index (κ3) is 2.89. The fourth-order valence-corrected chi connectivity index (χ4v) is 3.36. The molecule has 0 aliphatic heterocycles. The predicted molar refractivity (Wildman–Crippen MR) is 90.6 cm³/mol. The number of hydrogen-bond donors (Lipinski definition) is 1. The van der Waals surface area contributed by atoms with E-state index in [0.717, 1.165) is 12.5 Å². The Kier molecular flexibility index (Phi) is 3.87. The van der Waals surface area contributed by atoms with E-state index in [1.165, 1.54) is 12.1 Å². The average Bonchev–Trinajstić information content (AvgIpc) is 2.52. The van der Waals surface area contributed by atoms with Gasteiger partial charge in [-0.1, -0.05) is 11.6 Å². The van der Waals surface area contributed by atoms with Crippen LogP contribution < -0.4 is 5.43 Å². The molecule has 0 aliphatic rings. The SMILES string of the molecule is CS(=O)(=O)c1cnc(C#N)cc1-c1cc(=O)c2ccc(Cl)cc2[nH]1. The van der Waals surface area contributed by atoms with Gasteiger partial charge in [0.1, 0.15) is 11.8 Å². The molecular weight excluding hydrogens is 350 g/mol. The Hall–Kier alpha value is -2.69. The molecule has 0 saturated heterocycles. The van der Waals surface area contributed by atoms with Gasteiger partial charge in [0.05, 0.1) is 16.1 Å². The van der Waals surface area contributed by atoms with Crippen LogP contribution in [0, 0.1) is 11.3 Å². The molecule has 1 aromatic carbocycles. The van der Waals surface area contributed by atoms with Crippen molar-refractivity contribution < 1.29 is 8.42 Å². The van der Waals surface area contributed by atoms with Gasteiger partial charge in [0.15, 0.2) is 15.3 Å². The highest BCUT2D eigenvalue weighted by Gasteiger charge is 2.18. The second-order valence-corrected chi connectivity index (χ2v) is 7.61. The number of nitrogens with one attached hydrogen (secondary N) is 1. The van der Waals surface area contributed by atoms with Gasteiger partial charge in [-0.15, -0.1) is 0 Å². The molecule has 0 radical (unpaired) electrons. The third-order valence-electron chi connectivity index (χ3n) is 3.46. The highest BCUT2D eigenvalue weighted by molar-refractivity contribution is 7.90. The number of sulfone groups is 1. The maximum absolute atomic E-state index is 12.3. The first kappa shape index (κ1) is 16.2. The number of H-pyrrole nitrogens is 1. The predicted octanol–water partition coefficient (Wildman–Crippen LogP) is 2.52. The molecule has 3 rings (SSSR count). The van der Waals surface area contributed by atoms with Crippen LogP contribution in [0.4, 0.5) is 0 Å². The van der Waals surface area contributed by atoms with Crippen molar-refractivity contribution >= 4 is 32.3 Å². The van der Waals surface area contributed by atoms with Gasteiger partial charge in [0.2, 0.25) is 0 Å². The molecule has 6 nitrogen and oxygen atoms in total. The third-order valence-corrected chi connectivity index (χ3v) is 4.82. The summed E-state index contributed by atoms with van der Waals surface area (Å²) in [7, 11) is -3.60. The van der Waals surface area contributed by atoms with Crippen LogP contribution in [0.3, 0.4) is 0 Å². The van der Waals surface area contributed by atoms with E-state index in [-0.39, 0.29) is 27.3 Å². The van der Waals surface area contributed by atoms with Crippen LogP contribution in [-0.2, 0) is 9.84 Å². The maximum Gasteiger partial charge on any atom is 0.190 e. The van der Waals surface area contributed by atoms with E-state index in [9.17, 15) is 13.2 Å². The first-order valence-corrected chi connectivity index (χ1v) is 9.00. The molecule has 1 N–H and O–H groups in total. The van der Waals surface area contributed by atoms with Crippen molar-refractivity contribution in [2.75, 3.05) is 6.26 Å². The van der Waals surface area contributed by atoms with Crippen molar-refractivity contribution in [3.05, 3.63) is 57.5 Å². The van der Waals surface area contributed by atoms with Gasteiger partial charge in [-0.3, -0.25) is 4.79 Å². The molecule has 24 heavy (non-hydrogen) atoms. The topological polar surface area (TPSA) is 104 Å². The lowest BCUT2D eigenvalue weighted by Gasteiger charge is -2.09. The Morgan fingerprint density at radius 1 is 1.25 bits per heavy atom. The summed E-state index contributed by atoms with van der Waals surface area (Å²) in [6, 6.07) is 9.25. The molecule has 0 aliphatic carbocycles. The van der Waals surface area contributed by atoms with Gasteiger partial charge in [-0.05, 0) is 24.3 Å². The molecule has 0 bridgehead atoms. The zero-order chi connectivity index (χ0) is 17.5. The van der Waals surface area contributed by atoms with E-state index >= 15 is 0 Å². The van der Waals surface area contributed by atoms with Crippen molar-refractivity contribution in [1.29, 1.82) is 5.26 Å². The Bertz CT molecular complexity index is 1180. The van der Waals surface area contributed by atoms with Gasteiger partial charge < -0.3 is 4.98 Å². The zero-order valence-electron chi connectivity index (χ0n) is 12.4. The van der Waals surface area contributed by atoms with E-state index < -0.39 is 9.84 Å².